The largest absolute Gasteiger partial charge is 0.394 e. The van der Waals surface area contributed by atoms with Crippen molar-refractivity contribution in [3.05, 3.63) is 0 Å². The van der Waals surface area contributed by atoms with Crippen LogP contribution in [0.1, 0.15) is 19.8 Å². The minimum Gasteiger partial charge on any atom is -0.394 e. The number of hydrogen-bond acceptors (Lipinski definition) is 4. The number of aliphatic hydroxyl groups is 1. The van der Waals surface area contributed by atoms with Gasteiger partial charge in [0.2, 0.25) is 0 Å². The first kappa shape index (κ1) is 15.8. The summed E-state index contributed by atoms with van der Waals surface area (Å²) in [5.41, 5.74) is 0. The van der Waals surface area contributed by atoms with Gasteiger partial charge in [0, 0.05) is 20.1 Å². The van der Waals surface area contributed by atoms with Crippen LogP contribution in [0.5, 0.6) is 0 Å². The van der Waals surface area contributed by atoms with E-state index in [1.54, 1.807) is 7.05 Å². The Labute approximate surface area is 97.8 Å². The molecule has 0 fully saturated rings. The Morgan fingerprint density at radius 1 is 1.38 bits per heavy atom. The summed E-state index contributed by atoms with van der Waals surface area (Å²) >= 11 is 0. The van der Waals surface area contributed by atoms with Crippen LogP contribution in [0.3, 0.4) is 0 Å². The fourth-order valence-electron chi connectivity index (χ4n) is 1.02. The highest BCUT2D eigenvalue weighted by atomic mass is 32.2. The lowest BCUT2D eigenvalue weighted by Crippen LogP contribution is -2.40. The minimum absolute atomic E-state index is 0.0524. The fourth-order valence-corrected chi connectivity index (χ4v) is 1.95. The second-order valence-corrected chi connectivity index (χ2v) is 5.27. The smallest absolute Gasteiger partial charge is 0.279 e. The second-order valence-electron chi connectivity index (χ2n) is 3.41. The number of hydrogen-bond donors (Lipinski definition) is 2. The summed E-state index contributed by atoms with van der Waals surface area (Å²) in [6.07, 6.45) is 1.80. The topological polar surface area (TPSA) is 78.9 Å². The average molecular weight is 254 g/mol. The molecule has 0 saturated carbocycles. The van der Waals surface area contributed by atoms with Gasteiger partial charge in [-0.1, -0.05) is 13.3 Å². The number of rotatable bonds is 10. The Morgan fingerprint density at radius 2 is 2.06 bits per heavy atom. The van der Waals surface area contributed by atoms with Gasteiger partial charge in [-0.2, -0.15) is 17.4 Å². The molecule has 0 spiro atoms. The van der Waals surface area contributed by atoms with Crippen LogP contribution in [0.15, 0.2) is 0 Å². The molecule has 0 heterocycles. The van der Waals surface area contributed by atoms with Gasteiger partial charge in [-0.15, -0.1) is 0 Å². The lowest BCUT2D eigenvalue weighted by atomic mass is 10.3. The molecule has 0 rings (SSSR count). The van der Waals surface area contributed by atoms with E-state index < -0.39 is 10.2 Å². The zero-order valence-corrected chi connectivity index (χ0v) is 10.8. The lowest BCUT2D eigenvalue weighted by molar-refractivity contribution is 0.0960. The van der Waals surface area contributed by atoms with Crippen molar-refractivity contribution in [1.82, 2.24) is 9.03 Å². The molecule has 0 aromatic heterocycles. The van der Waals surface area contributed by atoms with Gasteiger partial charge < -0.3 is 9.84 Å². The van der Waals surface area contributed by atoms with E-state index in [2.05, 4.69) is 4.72 Å². The van der Waals surface area contributed by atoms with E-state index in [9.17, 15) is 8.42 Å². The van der Waals surface area contributed by atoms with Gasteiger partial charge >= 0.3 is 0 Å². The summed E-state index contributed by atoms with van der Waals surface area (Å²) in [5.74, 6) is 0. The van der Waals surface area contributed by atoms with Crippen molar-refractivity contribution in [2.24, 2.45) is 0 Å². The van der Waals surface area contributed by atoms with E-state index in [4.69, 9.17) is 9.84 Å². The van der Waals surface area contributed by atoms with E-state index in [1.165, 1.54) is 4.31 Å². The van der Waals surface area contributed by atoms with Crippen LogP contribution < -0.4 is 4.72 Å². The normalized spacial score (nSPS) is 12.2. The Balaban J connectivity index is 3.77. The number of nitrogens with zero attached hydrogens (tertiary/aromatic N) is 1. The van der Waals surface area contributed by atoms with E-state index in [0.29, 0.717) is 6.54 Å². The van der Waals surface area contributed by atoms with Gasteiger partial charge in [-0.3, -0.25) is 0 Å². The summed E-state index contributed by atoms with van der Waals surface area (Å²) in [6.45, 7) is 3.19. The molecule has 0 aliphatic carbocycles. The molecule has 0 aromatic carbocycles. The van der Waals surface area contributed by atoms with Crippen LogP contribution >= 0.6 is 0 Å². The maximum absolute atomic E-state index is 11.6. The molecule has 7 heteroatoms. The third-order valence-corrected chi connectivity index (χ3v) is 3.58. The Morgan fingerprint density at radius 3 is 2.62 bits per heavy atom. The quantitative estimate of drug-likeness (QED) is 0.518. The minimum atomic E-state index is -3.38. The van der Waals surface area contributed by atoms with Gasteiger partial charge in [-0.05, 0) is 6.42 Å². The average Bonchev–Trinajstić information content (AvgIpc) is 2.25. The summed E-state index contributed by atoms with van der Waals surface area (Å²) in [4.78, 5) is 0. The molecule has 0 unspecified atom stereocenters. The van der Waals surface area contributed by atoms with Crippen molar-refractivity contribution in [2.75, 3.05) is 40.0 Å². The number of aliphatic hydroxyl groups excluding tert-OH is 1. The van der Waals surface area contributed by atoms with E-state index in [-0.39, 0.29) is 26.4 Å². The predicted molar refractivity (Wildman–Crippen MR) is 62.4 cm³/mol. The molecule has 0 bridgehead atoms. The molecule has 6 nitrogen and oxygen atoms in total. The van der Waals surface area contributed by atoms with Crippen molar-refractivity contribution in [1.29, 1.82) is 0 Å². The molecule has 0 amide bonds. The van der Waals surface area contributed by atoms with Crippen LogP contribution in [-0.4, -0.2) is 57.8 Å². The van der Waals surface area contributed by atoms with Gasteiger partial charge in [0.05, 0.1) is 19.8 Å². The standard InChI is InChI=1S/C9H22N2O4S/c1-3-4-6-11(2)16(13,14)10-5-8-15-9-7-12/h10,12H,3-9H2,1-2H3. The Kier molecular flexibility index (Phi) is 8.77. The molecule has 16 heavy (non-hydrogen) atoms. The predicted octanol–water partition coefficient (Wildman–Crippen LogP) is -0.438. The van der Waals surface area contributed by atoms with E-state index >= 15 is 0 Å². The summed E-state index contributed by atoms with van der Waals surface area (Å²) < 4.78 is 31.8. The van der Waals surface area contributed by atoms with Gasteiger partial charge in [-0.25, -0.2) is 0 Å². The van der Waals surface area contributed by atoms with Gasteiger partial charge in [0.25, 0.3) is 10.2 Å². The number of nitrogens with one attached hydrogen (secondary N) is 1. The zero-order valence-electron chi connectivity index (χ0n) is 9.98. The molecule has 2 N–H and O–H groups in total. The van der Waals surface area contributed by atoms with Crippen molar-refractivity contribution in [3.63, 3.8) is 0 Å². The molecule has 98 valence electrons. The van der Waals surface area contributed by atoms with Gasteiger partial charge in [0.15, 0.2) is 0 Å². The second kappa shape index (κ2) is 8.89. The van der Waals surface area contributed by atoms with Crippen molar-refractivity contribution in [2.45, 2.75) is 19.8 Å². The van der Waals surface area contributed by atoms with Gasteiger partial charge in [0.1, 0.15) is 0 Å². The molecule has 0 radical (unpaired) electrons. The summed E-state index contributed by atoms with van der Waals surface area (Å²) in [5, 5.41) is 8.44. The van der Waals surface area contributed by atoms with E-state index in [1.807, 2.05) is 6.92 Å². The maximum atomic E-state index is 11.6. The first-order valence-corrected chi connectivity index (χ1v) is 6.88. The molecular formula is C9H22N2O4S. The molecule has 0 saturated heterocycles. The maximum Gasteiger partial charge on any atom is 0.279 e. The molecule has 0 aliphatic rings. The van der Waals surface area contributed by atoms with E-state index in [0.717, 1.165) is 12.8 Å². The highest BCUT2D eigenvalue weighted by Gasteiger charge is 2.15. The monoisotopic (exact) mass is 254 g/mol. The summed E-state index contributed by atoms with van der Waals surface area (Å²) in [7, 11) is -1.83. The SMILES string of the molecule is CCCCN(C)S(=O)(=O)NCCOCCO. The van der Waals surface area contributed by atoms with Crippen LogP contribution in [0.4, 0.5) is 0 Å². The first-order valence-electron chi connectivity index (χ1n) is 5.44. The van der Waals surface area contributed by atoms with Crippen LogP contribution in [0.25, 0.3) is 0 Å². The van der Waals surface area contributed by atoms with Crippen LogP contribution in [-0.2, 0) is 14.9 Å². The zero-order chi connectivity index (χ0) is 12.4. The molecule has 0 atom stereocenters. The Bertz CT molecular complexity index is 256. The Hall–Kier alpha value is -0.210. The highest BCUT2D eigenvalue weighted by Crippen LogP contribution is 1.97. The lowest BCUT2D eigenvalue weighted by Gasteiger charge is -2.17. The highest BCUT2D eigenvalue weighted by molar-refractivity contribution is 7.87. The van der Waals surface area contributed by atoms with Crippen LogP contribution in [0.2, 0.25) is 0 Å². The fraction of sp³-hybridized carbons (Fsp3) is 1.00. The third-order valence-electron chi connectivity index (χ3n) is 2.00. The first-order chi connectivity index (χ1) is 7.54. The van der Waals surface area contributed by atoms with Crippen molar-refractivity contribution >= 4 is 10.2 Å². The van der Waals surface area contributed by atoms with Crippen molar-refractivity contribution < 1.29 is 18.3 Å². The molecule has 0 aromatic rings. The summed E-state index contributed by atoms with van der Waals surface area (Å²) in [6, 6.07) is 0. The number of unbranched alkanes of at least 4 members (excludes halogenated alkanes) is 1. The number of ether oxygens (including phenoxy) is 1. The molecular weight excluding hydrogens is 232 g/mol. The van der Waals surface area contributed by atoms with Crippen molar-refractivity contribution in [3.8, 4) is 0 Å². The molecule has 0 aliphatic heterocycles. The third kappa shape index (κ3) is 7.13. The van der Waals surface area contributed by atoms with Crippen LogP contribution in [0, 0.1) is 0 Å².